The molecule has 1 N–H and O–H groups in total. The molecule has 0 saturated heterocycles. The van der Waals surface area contributed by atoms with Crippen molar-refractivity contribution < 1.29 is 9.53 Å². The maximum absolute atomic E-state index is 12.3. The SMILES string of the molecule is Cc1sc2nc([C@@H](C)OC(=O)[C@@]3(C)CC3(Cl)Cl)[nH]c(=O)c2c1C. The number of carbonyl (C=O) groups is 1. The Labute approximate surface area is 147 Å². The van der Waals surface area contributed by atoms with Gasteiger partial charge in [-0.05, 0) is 33.3 Å². The number of hydrogen-bond donors (Lipinski definition) is 1. The summed E-state index contributed by atoms with van der Waals surface area (Å²) >= 11 is 13.4. The van der Waals surface area contributed by atoms with E-state index in [0.29, 0.717) is 22.5 Å². The van der Waals surface area contributed by atoms with Crippen LogP contribution in [0.4, 0.5) is 0 Å². The van der Waals surface area contributed by atoms with Gasteiger partial charge in [-0.25, -0.2) is 4.98 Å². The highest BCUT2D eigenvalue weighted by atomic mass is 35.5. The minimum absolute atomic E-state index is 0.226. The fraction of sp³-hybridized carbons (Fsp3) is 0.533. The lowest BCUT2D eigenvalue weighted by molar-refractivity contribution is -0.155. The lowest BCUT2D eigenvalue weighted by Gasteiger charge is -2.16. The lowest BCUT2D eigenvalue weighted by Crippen LogP contribution is -2.24. The molecular formula is C15H16Cl2N2O3S. The van der Waals surface area contributed by atoms with Crippen LogP contribution in [0.2, 0.25) is 0 Å². The Morgan fingerprint density at radius 2 is 2.04 bits per heavy atom. The summed E-state index contributed by atoms with van der Waals surface area (Å²) in [5.41, 5.74) is -0.212. The molecular weight excluding hydrogens is 359 g/mol. The van der Waals surface area contributed by atoms with E-state index < -0.39 is 21.8 Å². The molecule has 5 nitrogen and oxygen atoms in total. The number of hydrogen-bond acceptors (Lipinski definition) is 5. The quantitative estimate of drug-likeness (QED) is 0.655. The number of nitrogens with one attached hydrogen (secondary N) is 1. The van der Waals surface area contributed by atoms with E-state index in [1.165, 1.54) is 11.3 Å². The van der Waals surface area contributed by atoms with Gasteiger partial charge in [-0.1, -0.05) is 0 Å². The zero-order chi connectivity index (χ0) is 17.2. The highest BCUT2D eigenvalue weighted by Gasteiger charge is 2.69. The van der Waals surface area contributed by atoms with Crippen LogP contribution in [0.3, 0.4) is 0 Å². The second kappa shape index (κ2) is 5.19. The van der Waals surface area contributed by atoms with E-state index in [1.807, 2.05) is 13.8 Å². The molecule has 0 aliphatic heterocycles. The molecule has 1 aliphatic carbocycles. The molecule has 2 aromatic heterocycles. The van der Waals surface area contributed by atoms with Gasteiger partial charge in [-0.15, -0.1) is 34.5 Å². The number of rotatable bonds is 3. The van der Waals surface area contributed by atoms with Gasteiger partial charge in [0.25, 0.3) is 5.56 Å². The van der Waals surface area contributed by atoms with E-state index in [4.69, 9.17) is 27.9 Å². The highest BCUT2D eigenvalue weighted by Crippen LogP contribution is 2.64. The predicted octanol–water partition coefficient (Wildman–Crippen LogP) is 3.79. The van der Waals surface area contributed by atoms with Crippen molar-refractivity contribution in [1.82, 2.24) is 9.97 Å². The molecule has 3 rings (SSSR count). The first kappa shape index (κ1) is 16.7. The molecule has 0 bridgehead atoms. The number of H-pyrrole nitrogens is 1. The molecule has 0 spiro atoms. The monoisotopic (exact) mass is 374 g/mol. The number of thiophene rings is 1. The molecule has 0 unspecified atom stereocenters. The van der Waals surface area contributed by atoms with Gasteiger partial charge in [0.2, 0.25) is 0 Å². The molecule has 1 saturated carbocycles. The number of carbonyl (C=O) groups excluding carboxylic acids is 1. The summed E-state index contributed by atoms with van der Waals surface area (Å²) in [5.74, 6) is -0.174. The van der Waals surface area contributed by atoms with E-state index in [0.717, 1.165) is 10.4 Å². The third kappa shape index (κ3) is 2.57. The Morgan fingerprint density at radius 3 is 2.61 bits per heavy atom. The number of aromatic nitrogens is 2. The van der Waals surface area contributed by atoms with E-state index in [2.05, 4.69) is 9.97 Å². The third-order valence-electron chi connectivity index (χ3n) is 4.43. The Kier molecular flexibility index (Phi) is 3.78. The number of nitrogens with zero attached hydrogens (tertiary/aromatic N) is 1. The maximum Gasteiger partial charge on any atom is 0.315 e. The summed E-state index contributed by atoms with van der Waals surface area (Å²) in [5, 5.41) is 0.587. The number of halogens is 2. The van der Waals surface area contributed by atoms with Crippen LogP contribution in [0, 0.1) is 19.3 Å². The average molecular weight is 375 g/mol. The first-order valence-corrected chi connectivity index (χ1v) is 8.73. The zero-order valence-corrected chi connectivity index (χ0v) is 15.4. The van der Waals surface area contributed by atoms with Gasteiger partial charge in [0.1, 0.15) is 14.6 Å². The summed E-state index contributed by atoms with van der Waals surface area (Å²) in [4.78, 5) is 33.3. The summed E-state index contributed by atoms with van der Waals surface area (Å²) in [6.45, 7) is 7.15. The maximum atomic E-state index is 12.3. The second-order valence-corrected chi connectivity index (χ2v) is 8.86. The molecule has 2 aromatic rings. The Balaban J connectivity index is 1.89. The van der Waals surface area contributed by atoms with Gasteiger partial charge in [0.05, 0.1) is 5.39 Å². The lowest BCUT2D eigenvalue weighted by atomic mass is 10.1. The van der Waals surface area contributed by atoms with Crippen LogP contribution < -0.4 is 5.56 Å². The fourth-order valence-electron chi connectivity index (χ4n) is 2.43. The van der Waals surface area contributed by atoms with E-state index in [1.54, 1.807) is 13.8 Å². The second-order valence-electron chi connectivity index (χ2n) is 6.18. The molecule has 1 fully saturated rings. The molecule has 1 aliphatic rings. The van der Waals surface area contributed by atoms with Crippen molar-refractivity contribution in [3.8, 4) is 0 Å². The van der Waals surface area contributed by atoms with E-state index in [-0.39, 0.29) is 5.56 Å². The van der Waals surface area contributed by atoms with Gasteiger partial charge < -0.3 is 9.72 Å². The minimum atomic E-state index is -1.09. The smallest absolute Gasteiger partial charge is 0.315 e. The third-order valence-corrected chi connectivity index (χ3v) is 6.64. The Morgan fingerprint density at radius 1 is 1.43 bits per heavy atom. The standard InChI is InChI=1S/C15H16Cl2N2O3S/c1-6-8(3)23-12-9(6)11(20)18-10(19-12)7(2)22-13(21)14(4)5-15(14,16)17/h7H,5H2,1-4H3,(H,18,19,20)/t7-,14-/m1/s1. The normalized spacial score (nSPS) is 23.7. The number of aryl methyl sites for hydroxylation is 2. The largest absolute Gasteiger partial charge is 0.454 e. The van der Waals surface area contributed by atoms with Crippen molar-refractivity contribution in [2.24, 2.45) is 5.41 Å². The molecule has 23 heavy (non-hydrogen) atoms. The first-order valence-electron chi connectivity index (χ1n) is 7.15. The Hall–Kier alpha value is -1.11. The van der Waals surface area contributed by atoms with Crippen molar-refractivity contribution in [1.29, 1.82) is 0 Å². The number of aromatic amines is 1. The highest BCUT2D eigenvalue weighted by molar-refractivity contribution is 7.18. The van der Waals surface area contributed by atoms with Crippen LogP contribution in [-0.4, -0.2) is 20.3 Å². The van der Waals surface area contributed by atoms with Gasteiger partial charge in [-0.2, -0.15) is 0 Å². The van der Waals surface area contributed by atoms with Crippen LogP contribution in [0.25, 0.3) is 10.2 Å². The van der Waals surface area contributed by atoms with Gasteiger partial charge in [0, 0.05) is 11.3 Å². The topological polar surface area (TPSA) is 72.0 Å². The van der Waals surface area contributed by atoms with Gasteiger partial charge in [0.15, 0.2) is 11.9 Å². The number of ether oxygens (including phenoxy) is 1. The van der Waals surface area contributed by atoms with Crippen LogP contribution in [0.1, 0.15) is 42.6 Å². The molecule has 0 amide bonds. The fourth-order valence-corrected chi connectivity index (χ4v) is 4.16. The van der Waals surface area contributed by atoms with Crippen LogP contribution >= 0.6 is 34.5 Å². The van der Waals surface area contributed by atoms with Crippen LogP contribution in [-0.2, 0) is 9.53 Å². The summed E-state index contributed by atoms with van der Waals surface area (Å²) in [6.07, 6.45) is -0.343. The Bertz CT molecular complexity index is 873. The van der Waals surface area contributed by atoms with Gasteiger partial charge >= 0.3 is 5.97 Å². The van der Waals surface area contributed by atoms with E-state index in [9.17, 15) is 9.59 Å². The summed E-state index contributed by atoms with van der Waals surface area (Å²) in [7, 11) is 0. The van der Waals surface area contributed by atoms with Crippen molar-refractivity contribution in [2.45, 2.75) is 44.6 Å². The molecule has 8 heteroatoms. The first-order chi connectivity index (χ1) is 10.6. The number of alkyl halides is 2. The van der Waals surface area contributed by atoms with Crippen molar-refractivity contribution in [3.63, 3.8) is 0 Å². The molecule has 2 atom stereocenters. The summed E-state index contributed by atoms with van der Waals surface area (Å²) < 4.78 is 4.32. The average Bonchev–Trinajstić information content (AvgIpc) is 2.82. The van der Waals surface area contributed by atoms with Crippen LogP contribution in [0.15, 0.2) is 4.79 Å². The number of fused-ring (bicyclic) bond motifs is 1. The zero-order valence-electron chi connectivity index (χ0n) is 13.1. The number of esters is 1. The van der Waals surface area contributed by atoms with Crippen molar-refractivity contribution in [3.05, 3.63) is 26.6 Å². The van der Waals surface area contributed by atoms with E-state index >= 15 is 0 Å². The molecule has 2 heterocycles. The minimum Gasteiger partial charge on any atom is -0.454 e. The van der Waals surface area contributed by atoms with Crippen molar-refractivity contribution >= 4 is 50.7 Å². The van der Waals surface area contributed by atoms with Crippen molar-refractivity contribution in [2.75, 3.05) is 0 Å². The summed E-state index contributed by atoms with van der Waals surface area (Å²) in [6, 6.07) is 0. The molecule has 0 radical (unpaired) electrons. The molecule has 124 valence electrons. The van der Waals surface area contributed by atoms with Gasteiger partial charge in [-0.3, -0.25) is 9.59 Å². The molecule has 0 aromatic carbocycles. The van der Waals surface area contributed by atoms with Crippen LogP contribution in [0.5, 0.6) is 0 Å². The predicted molar refractivity (Wildman–Crippen MR) is 91.4 cm³/mol.